The summed E-state index contributed by atoms with van der Waals surface area (Å²) in [5.41, 5.74) is 1.31. The number of hydrogen-bond acceptors (Lipinski definition) is 1. The normalized spacial score (nSPS) is 23.9. The Morgan fingerprint density at radius 3 is 2.59 bits per heavy atom. The minimum Gasteiger partial charge on any atom is -0.396 e. The van der Waals surface area contributed by atoms with Crippen molar-refractivity contribution >= 4 is 11.6 Å². The van der Waals surface area contributed by atoms with E-state index in [1.807, 2.05) is 12.1 Å². The monoisotopic (exact) mass is 250 g/mol. The molecule has 92 valence electrons. The van der Waals surface area contributed by atoms with Gasteiger partial charge in [0.25, 0.3) is 0 Å². The molecule has 0 saturated carbocycles. The van der Waals surface area contributed by atoms with Gasteiger partial charge in [-0.2, -0.15) is 0 Å². The third-order valence-electron chi connectivity index (χ3n) is 3.45. The van der Waals surface area contributed by atoms with Crippen molar-refractivity contribution in [2.75, 3.05) is 6.61 Å². The molecule has 0 heterocycles. The molecule has 1 aromatic rings. The van der Waals surface area contributed by atoms with Gasteiger partial charge in [0.05, 0.1) is 0 Å². The zero-order valence-electron chi connectivity index (χ0n) is 9.98. The zero-order valence-corrected chi connectivity index (χ0v) is 10.7. The van der Waals surface area contributed by atoms with Crippen LogP contribution >= 0.6 is 11.6 Å². The molecule has 0 saturated heterocycles. The Balaban J connectivity index is 1.91. The number of allylic oxidation sites excluding steroid dienone is 2. The predicted molar refractivity (Wildman–Crippen MR) is 72.2 cm³/mol. The fourth-order valence-electron chi connectivity index (χ4n) is 2.48. The summed E-state index contributed by atoms with van der Waals surface area (Å²) in [6, 6.07) is 8.12. The minimum absolute atomic E-state index is 0.300. The number of hydrogen-bond donors (Lipinski definition) is 1. The van der Waals surface area contributed by atoms with Crippen LogP contribution in [0.15, 0.2) is 36.4 Å². The van der Waals surface area contributed by atoms with E-state index in [1.54, 1.807) is 0 Å². The van der Waals surface area contributed by atoms with E-state index in [0.29, 0.717) is 18.4 Å². The van der Waals surface area contributed by atoms with E-state index in [-0.39, 0.29) is 0 Å². The van der Waals surface area contributed by atoms with E-state index < -0.39 is 0 Å². The summed E-state index contributed by atoms with van der Waals surface area (Å²) >= 11 is 5.98. The van der Waals surface area contributed by atoms with Crippen LogP contribution < -0.4 is 0 Å². The first kappa shape index (κ1) is 12.7. The lowest BCUT2D eigenvalue weighted by atomic mass is 9.84. The van der Waals surface area contributed by atoms with Gasteiger partial charge in [0.2, 0.25) is 0 Å². The van der Waals surface area contributed by atoms with Crippen molar-refractivity contribution in [3.63, 3.8) is 0 Å². The van der Waals surface area contributed by atoms with Crippen LogP contribution in [-0.4, -0.2) is 11.7 Å². The van der Waals surface area contributed by atoms with Gasteiger partial charge in [-0.05, 0) is 55.2 Å². The molecule has 1 N–H and O–H groups in total. The van der Waals surface area contributed by atoms with Crippen molar-refractivity contribution in [3.05, 3.63) is 47.0 Å². The van der Waals surface area contributed by atoms with Crippen LogP contribution in [0.3, 0.4) is 0 Å². The molecule has 0 radical (unpaired) electrons. The summed E-state index contributed by atoms with van der Waals surface area (Å²) < 4.78 is 0. The molecular weight excluding hydrogens is 232 g/mol. The zero-order chi connectivity index (χ0) is 12.1. The third kappa shape index (κ3) is 3.86. The summed E-state index contributed by atoms with van der Waals surface area (Å²) in [4.78, 5) is 0. The second kappa shape index (κ2) is 6.23. The van der Waals surface area contributed by atoms with Crippen molar-refractivity contribution < 1.29 is 5.11 Å². The van der Waals surface area contributed by atoms with Gasteiger partial charge < -0.3 is 5.11 Å². The molecule has 0 fully saturated rings. The van der Waals surface area contributed by atoms with Crippen molar-refractivity contribution in [3.8, 4) is 0 Å². The molecular formula is C15H19ClO. The van der Waals surface area contributed by atoms with Crippen LogP contribution in [-0.2, 0) is 6.42 Å². The molecule has 0 aromatic heterocycles. The highest BCUT2D eigenvalue weighted by Crippen LogP contribution is 2.27. The van der Waals surface area contributed by atoms with E-state index in [9.17, 15) is 0 Å². The third-order valence-corrected chi connectivity index (χ3v) is 3.69. The topological polar surface area (TPSA) is 20.2 Å². The summed E-state index contributed by atoms with van der Waals surface area (Å²) in [5, 5.41) is 9.72. The van der Waals surface area contributed by atoms with Gasteiger partial charge in [-0.3, -0.25) is 0 Å². The van der Waals surface area contributed by atoms with Crippen LogP contribution in [0.25, 0.3) is 0 Å². The molecule has 1 nitrogen and oxygen atoms in total. The Hall–Kier alpha value is -0.790. The van der Waals surface area contributed by atoms with Crippen molar-refractivity contribution in [1.82, 2.24) is 0 Å². The minimum atomic E-state index is 0.300. The summed E-state index contributed by atoms with van der Waals surface area (Å²) in [6.45, 7) is 0.300. The Morgan fingerprint density at radius 1 is 1.18 bits per heavy atom. The maximum absolute atomic E-state index is 8.90. The lowest BCUT2D eigenvalue weighted by Gasteiger charge is -2.22. The van der Waals surface area contributed by atoms with Crippen LogP contribution in [0.2, 0.25) is 5.02 Å². The standard InChI is InChI=1S/C15H19ClO/c16-15-3-1-2-14(11-15)10-13-6-4-12(5-7-13)8-9-17/h1-4,6,11-13,17H,5,7-10H2. The average molecular weight is 251 g/mol. The van der Waals surface area contributed by atoms with Gasteiger partial charge >= 0.3 is 0 Å². The van der Waals surface area contributed by atoms with Crippen LogP contribution in [0.4, 0.5) is 0 Å². The van der Waals surface area contributed by atoms with E-state index in [2.05, 4.69) is 24.3 Å². The van der Waals surface area contributed by atoms with Gasteiger partial charge in [0.1, 0.15) is 0 Å². The Bertz CT molecular complexity index is 386. The van der Waals surface area contributed by atoms with Gasteiger partial charge in [-0.1, -0.05) is 35.9 Å². The number of benzene rings is 1. The van der Waals surface area contributed by atoms with Gasteiger partial charge in [0.15, 0.2) is 0 Å². The average Bonchev–Trinajstić information content (AvgIpc) is 2.32. The highest BCUT2D eigenvalue weighted by Gasteiger charge is 2.15. The second-order valence-electron chi connectivity index (χ2n) is 4.83. The number of aliphatic hydroxyl groups excluding tert-OH is 1. The Morgan fingerprint density at radius 2 is 1.94 bits per heavy atom. The molecule has 0 bridgehead atoms. The highest BCUT2D eigenvalue weighted by atomic mass is 35.5. The molecule has 0 spiro atoms. The van der Waals surface area contributed by atoms with E-state index >= 15 is 0 Å². The largest absolute Gasteiger partial charge is 0.396 e. The maximum atomic E-state index is 8.90. The molecule has 0 amide bonds. The fourth-order valence-corrected chi connectivity index (χ4v) is 2.69. The Kier molecular flexibility index (Phi) is 4.64. The number of aliphatic hydroxyl groups is 1. The molecule has 0 aliphatic heterocycles. The molecule has 2 heteroatoms. The predicted octanol–water partition coefficient (Wildman–Crippen LogP) is 3.85. The molecule has 17 heavy (non-hydrogen) atoms. The van der Waals surface area contributed by atoms with Gasteiger partial charge in [-0.15, -0.1) is 0 Å². The van der Waals surface area contributed by atoms with E-state index in [1.165, 1.54) is 18.4 Å². The highest BCUT2D eigenvalue weighted by molar-refractivity contribution is 6.30. The molecule has 2 rings (SSSR count). The van der Waals surface area contributed by atoms with Gasteiger partial charge in [0, 0.05) is 11.6 Å². The molecule has 1 aliphatic rings. The smallest absolute Gasteiger partial charge is 0.0436 e. The molecule has 1 aliphatic carbocycles. The number of rotatable bonds is 4. The van der Waals surface area contributed by atoms with E-state index in [4.69, 9.17) is 16.7 Å². The van der Waals surface area contributed by atoms with Crippen molar-refractivity contribution in [1.29, 1.82) is 0 Å². The SMILES string of the molecule is OCCC1C=CC(Cc2cccc(Cl)c2)CC1. The summed E-state index contributed by atoms with van der Waals surface area (Å²) in [6.07, 6.45) is 8.97. The molecule has 2 atom stereocenters. The van der Waals surface area contributed by atoms with Crippen LogP contribution in [0.5, 0.6) is 0 Å². The summed E-state index contributed by atoms with van der Waals surface area (Å²) in [7, 11) is 0. The maximum Gasteiger partial charge on any atom is 0.0436 e. The summed E-state index contributed by atoms with van der Waals surface area (Å²) in [5.74, 6) is 1.21. The molecule has 1 aromatic carbocycles. The Labute approximate surface area is 108 Å². The lowest BCUT2D eigenvalue weighted by molar-refractivity contribution is 0.260. The number of halogens is 1. The van der Waals surface area contributed by atoms with Crippen molar-refractivity contribution in [2.24, 2.45) is 11.8 Å². The van der Waals surface area contributed by atoms with Gasteiger partial charge in [-0.25, -0.2) is 0 Å². The quantitative estimate of drug-likeness (QED) is 0.805. The van der Waals surface area contributed by atoms with Crippen LogP contribution in [0, 0.1) is 11.8 Å². The first-order chi connectivity index (χ1) is 8.28. The lowest BCUT2D eigenvalue weighted by Crippen LogP contribution is -2.11. The first-order valence-corrected chi connectivity index (χ1v) is 6.69. The van der Waals surface area contributed by atoms with Crippen molar-refractivity contribution in [2.45, 2.75) is 25.7 Å². The second-order valence-corrected chi connectivity index (χ2v) is 5.27. The van der Waals surface area contributed by atoms with Crippen LogP contribution in [0.1, 0.15) is 24.8 Å². The molecule has 2 unspecified atom stereocenters. The fraction of sp³-hybridized carbons (Fsp3) is 0.467. The first-order valence-electron chi connectivity index (χ1n) is 6.31. The van der Waals surface area contributed by atoms with E-state index in [0.717, 1.165) is 17.9 Å².